The maximum Gasteiger partial charge on any atom is 0.227 e. The second kappa shape index (κ2) is 6.89. The van der Waals surface area contributed by atoms with Crippen molar-refractivity contribution in [1.82, 2.24) is 5.32 Å². The molecule has 4 fully saturated rings. The standard InChI is InChI=1S/C24H32N2O2/c1-15(24-12-16-8-17(13-24)10-18(9-16)14-24)25-22(27)7-6-20-11-19-4-2-3-5-21(19)26-23(20)28/h2-5,15-18,20H,6-14H2,1H3,(H,25,27)(H,26,28). The van der Waals surface area contributed by atoms with Crippen molar-refractivity contribution in [1.29, 1.82) is 0 Å². The highest BCUT2D eigenvalue weighted by atomic mass is 16.2. The van der Waals surface area contributed by atoms with E-state index in [1.54, 1.807) is 0 Å². The van der Waals surface area contributed by atoms with Gasteiger partial charge in [-0.25, -0.2) is 0 Å². The molecule has 2 unspecified atom stereocenters. The molecule has 1 heterocycles. The predicted molar refractivity (Wildman–Crippen MR) is 110 cm³/mol. The number of hydrogen-bond donors (Lipinski definition) is 2. The molecule has 5 aliphatic rings. The van der Waals surface area contributed by atoms with Gasteiger partial charge in [0, 0.05) is 24.1 Å². The Bertz CT molecular complexity index is 751. The van der Waals surface area contributed by atoms with E-state index in [1.807, 2.05) is 18.2 Å². The molecule has 1 aromatic rings. The van der Waals surface area contributed by atoms with Gasteiger partial charge < -0.3 is 10.6 Å². The molecule has 4 aliphatic carbocycles. The van der Waals surface area contributed by atoms with Crippen LogP contribution in [0.5, 0.6) is 0 Å². The van der Waals surface area contributed by atoms with Gasteiger partial charge in [-0.05, 0) is 93.1 Å². The summed E-state index contributed by atoms with van der Waals surface area (Å²) >= 11 is 0. The highest BCUT2D eigenvalue weighted by Crippen LogP contribution is 2.61. The van der Waals surface area contributed by atoms with Crippen molar-refractivity contribution in [3.05, 3.63) is 29.8 Å². The summed E-state index contributed by atoms with van der Waals surface area (Å²) in [5, 5.41) is 6.33. The minimum absolute atomic E-state index is 0.0561. The van der Waals surface area contributed by atoms with Crippen LogP contribution < -0.4 is 10.6 Å². The summed E-state index contributed by atoms with van der Waals surface area (Å²) in [4.78, 5) is 25.1. The third-order valence-electron chi connectivity index (χ3n) is 8.21. The Hall–Kier alpha value is -1.84. The van der Waals surface area contributed by atoms with Crippen molar-refractivity contribution in [3.8, 4) is 0 Å². The van der Waals surface area contributed by atoms with Gasteiger partial charge in [-0.2, -0.15) is 0 Å². The molecular formula is C24H32N2O2. The minimum atomic E-state index is -0.101. The first kappa shape index (κ1) is 18.2. The van der Waals surface area contributed by atoms with Gasteiger partial charge in [-0.1, -0.05) is 18.2 Å². The number of carbonyl (C=O) groups is 2. The largest absolute Gasteiger partial charge is 0.353 e. The fourth-order valence-corrected chi connectivity index (χ4v) is 7.13. The van der Waals surface area contributed by atoms with Gasteiger partial charge in [0.2, 0.25) is 11.8 Å². The average Bonchev–Trinajstić information content (AvgIpc) is 2.65. The van der Waals surface area contributed by atoms with Crippen LogP contribution in [0.2, 0.25) is 0 Å². The Kier molecular flexibility index (Phi) is 4.48. The van der Waals surface area contributed by atoms with E-state index in [9.17, 15) is 9.59 Å². The van der Waals surface area contributed by atoms with E-state index in [4.69, 9.17) is 0 Å². The Morgan fingerprint density at radius 3 is 2.46 bits per heavy atom. The fourth-order valence-electron chi connectivity index (χ4n) is 7.13. The van der Waals surface area contributed by atoms with E-state index in [0.717, 1.165) is 29.9 Å². The lowest BCUT2D eigenvalue weighted by Gasteiger charge is -2.59. The first-order valence-electron chi connectivity index (χ1n) is 11.2. The van der Waals surface area contributed by atoms with Crippen LogP contribution in [0.3, 0.4) is 0 Å². The van der Waals surface area contributed by atoms with Crippen LogP contribution in [0, 0.1) is 29.1 Å². The average molecular weight is 381 g/mol. The van der Waals surface area contributed by atoms with Crippen LogP contribution in [-0.2, 0) is 16.0 Å². The van der Waals surface area contributed by atoms with Gasteiger partial charge in [0.25, 0.3) is 0 Å². The van der Waals surface area contributed by atoms with Crippen molar-refractivity contribution < 1.29 is 9.59 Å². The summed E-state index contributed by atoms with van der Waals surface area (Å²) in [6.45, 7) is 2.23. The summed E-state index contributed by atoms with van der Waals surface area (Å²) in [6, 6.07) is 8.22. The van der Waals surface area contributed by atoms with Crippen LogP contribution in [0.4, 0.5) is 5.69 Å². The lowest BCUT2D eigenvalue weighted by molar-refractivity contribution is -0.126. The van der Waals surface area contributed by atoms with Gasteiger partial charge in [-0.3, -0.25) is 9.59 Å². The van der Waals surface area contributed by atoms with E-state index >= 15 is 0 Å². The Morgan fingerprint density at radius 1 is 1.14 bits per heavy atom. The number of amides is 2. The quantitative estimate of drug-likeness (QED) is 0.800. The molecule has 2 atom stereocenters. The molecule has 2 amide bonds. The first-order chi connectivity index (χ1) is 13.5. The minimum Gasteiger partial charge on any atom is -0.353 e. The molecule has 4 bridgehead atoms. The van der Waals surface area contributed by atoms with Crippen LogP contribution in [0.25, 0.3) is 0 Å². The molecule has 4 heteroatoms. The zero-order valence-corrected chi connectivity index (χ0v) is 16.9. The first-order valence-corrected chi connectivity index (χ1v) is 11.2. The number of fused-ring (bicyclic) bond motifs is 1. The second-order valence-corrected chi connectivity index (χ2v) is 10.2. The highest BCUT2D eigenvalue weighted by molar-refractivity contribution is 5.96. The normalized spacial score (nSPS) is 36.5. The van der Waals surface area contributed by atoms with Gasteiger partial charge in [0.15, 0.2) is 0 Å². The highest BCUT2D eigenvalue weighted by Gasteiger charge is 2.53. The van der Waals surface area contributed by atoms with Crippen molar-refractivity contribution in [3.63, 3.8) is 0 Å². The Labute approximate surface area is 167 Å². The SMILES string of the molecule is CC(NC(=O)CCC1Cc2ccccc2NC1=O)C12CC3CC(CC(C3)C1)C2. The third-order valence-corrected chi connectivity index (χ3v) is 8.21. The molecule has 4 saturated carbocycles. The summed E-state index contributed by atoms with van der Waals surface area (Å²) < 4.78 is 0. The molecule has 28 heavy (non-hydrogen) atoms. The lowest BCUT2D eigenvalue weighted by atomic mass is 9.48. The fraction of sp³-hybridized carbons (Fsp3) is 0.667. The van der Waals surface area contributed by atoms with E-state index in [2.05, 4.69) is 23.6 Å². The summed E-state index contributed by atoms with van der Waals surface area (Å²) in [6.07, 6.45) is 10.0. The van der Waals surface area contributed by atoms with E-state index in [-0.39, 0.29) is 23.8 Å². The predicted octanol–water partition coefficient (Wildman–Crippen LogP) is 4.30. The topological polar surface area (TPSA) is 58.2 Å². The van der Waals surface area contributed by atoms with Crippen molar-refractivity contribution in [2.24, 2.45) is 29.1 Å². The van der Waals surface area contributed by atoms with E-state index in [1.165, 1.54) is 44.1 Å². The monoisotopic (exact) mass is 380 g/mol. The maximum absolute atomic E-state index is 12.7. The molecule has 1 aromatic carbocycles. The van der Waals surface area contributed by atoms with Gasteiger partial charge in [0.05, 0.1) is 0 Å². The van der Waals surface area contributed by atoms with Crippen LogP contribution in [-0.4, -0.2) is 17.9 Å². The molecule has 0 radical (unpaired) electrons. The van der Waals surface area contributed by atoms with Crippen LogP contribution >= 0.6 is 0 Å². The number of anilines is 1. The molecule has 0 aromatic heterocycles. The van der Waals surface area contributed by atoms with E-state index in [0.29, 0.717) is 18.3 Å². The Balaban J connectivity index is 1.17. The molecule has 0 saturated heterocycles. The number of para-hydroxylation sites is 1. The smallest absolute Gasteiger partial charge is 0.227 e. The lowest BCUT2D eigenvalue weighted by Crippen LogP contribution is -2.55. The molecule has 1 aliphatic heterocycles. The van der Waals surface area contributed by atoms with Crippen molar-refractivity contribution in [2.75, 3.05) is 5.32 Å². The van der Waals surface area contributed by atoms with Crippen LogP contribution in [0.1, 0.15) is 63.9 Å². The zero-order valence-electron chi connectivity index (χ0n) is 16.9. The molecule has 6 rings (SSSR count). The second-order valence-electron chi connectivity index (χ2n) is 10.2. The third kappa shape index (κ3) is 3.25. The van der Waals surface area contributed by atoms with E-state index < -0.39 is 0 Å². The van der Waals surface area contributed by atoms with Gasteiger partial charge in [0.1, 0.15) is 0 Å². The van der Waals surface area contributed by atoms with Gasteiger partial charge in [-0.15, -0.1) is 0 Å². The maximum atomic E-state index is 12.7. The summed E-state index contributed by atoms with van der Waals surface area (Å²) in [7, 11) is 0. The van der Waals surface area contributed by atoms with Gasteiger partial charge >= 0.3 is 0 Å². The number of benzene rings is 1. The number of nitrogens with one attached hydrogen (secondary N) is 2. The molecule has 0 spiro atoms. The molecule has 150 valence electrons. The summed E-state index contributed by atoms with van der Waals surface area (Å²) in [5.74, 6) is 2.77. The molecule has 2 N–H and O–H groups in total. The number of rotatable bonds is 5. The molecular weight excluding hydrogens is 348 g/mol. The number of carbonyl (C=O) groups excluding carboxylic acids is 2. The van der Waals surface area contributed by atoms with Crippen molar-refractivity contribution in [2.45, 2.75) is 70.8 Å². The summed E-state index contributed by atoms with van der Waals surface area (Å²) in [5.41, 5.74) is 2.43. The molecule has 4 nitrogen and oxygen atoms in total. The Morgan fingerprint density at radius 2 is 1.79 bits per heavy atom. The van der Waals surface area contributed by atoms with Crippen LogP contribution in [0.15, 0.2) is 24.3 Å². The zero-order chi connectivity index (χ0) is 19.3. The van der Waals surface area contributed by atoms with Crippen molar-refractivity contribution >= 4 is 17.5 Å². The number of hydrogen-bond acceptors (Lipinski definition) is 2.